The van der Waals surface area contributed by atoms with E-state index in [4.69, 9.17) is 5.73 Å². The van der Waals surface area contributed by atoms with Gasteiger partial charge >= 0.3 is 6.61 Å². The molecule has 0 fully saturated rings. The molecule has 0 bridgehead atoms. The van der Waals surface area contributed by atoms with Gasteiger partial charge in [0, 0.05) is 5.56 Å². The Morgan fingerprint density at radius 2 is 1.95 bits per heavy atom. The van der Waals surface area contributed by atoms with E-state index in [1.807, 2.05) is 13.8 Å². The summed E-state index contributed by atoms with van der Waals surface area (Å²) in [4.78, 5) is 12.0. The van der Waals surface area contributed by atoms with Crippen molar-refractivity contribution in [3.63, 3.8) is 0 Å². The number of ether oxygens (including phenoxy) is 1. The zero-order chi connectivity index (χ0) is 16.0. The van der Waals surface area contributed by atoms with E-state index >= 15 is 0 Å². The van der Waals surface area contributed by atoms with Gasteiger partial charge in [-0.2, -0.15) is 8.78 Å². The maximum atomic E-state index is 12.4. The van der Waals surface area contributed by atoms with E-state index in [1.54, 1.807) is 25.1 Å². The Balaban J connectivity index is 2.80. The van der Waals surface area contributed by atoms with Gasteiger partial charge in [-0.1, -0.05) is 38.5 Å². The van der Waals surface area contributed by atoms with Crippen LogP contribution in [0.15, 0.2) is 24.3 Å². The molecule has 3 N–H and O–H groups in total. The molecule has 1 amide bonds. The number of benzene rings is 1. The molecule has 1 rings (SSSR count). The Morgan fingerprint density at radius 1 is 1.33 bits per heavy atom. The van der Waals surface area contributed by atoms with Crippen LogP contribution in [0.2, 0.25) is 0 Å². The summed E-state index contributed by atoms with van der Waals surface area (Å²) in [5, 5.41) is 2.74. The highest BCUT2D eigenvalue weighted by Crippen LogP contribution is 2.26. The zero-order valence-corrected chi connectivity index (χ0v) is 12.5. The minimum atomic E-state index is -2.91. The van der Waals surface area contributed by atoms with E-state index in [2.05, 4.69) is 10.1 Å². The van der Waals surface area contributed by atoms with Crippen molar-refractivity contribution in [2.75, 3.05) is 0 Å². The van der Waals surface area contributed by atoms with Crippen LogP contribution in [-0.4, -0.2) is 18.6 Å². The molecule has 21 heavy (non-hydrogen) atoms. The highest BCUT2D eigenvalue weighted by Gasteiger charge is 2.22. The molecule has 0 saturated heterocycles. The molecule has 0 saturated carbocycles. The molecule has 1 aromatic carbocycles. The van der Waals surface area contributed by atoms with Gasteiger partial charge in [0.1, 0.15) is 5.75 Å². The standard InChI is InChI=1S/C15H22F2N2O2/c1-4-9(2)13(18)14(20)19-10(3)11-7-5-6-8-12(11)21-15(16)17/h5-10,13,15H,4,18H2,1-3H3,(H,19,20)/t9?,10?,13-/m0/s1. The van der Waals surface area contributed by atoms with Gasteiger partial charge in [0.25, 0.3) is 0 Å². The summed E-state index contributed by atoms with van der Waals surface area (Å²) < 4.78 is 29.2. The second kappa shape index (κ2) is 7.93. The highest BCUT2D eigenvalue weighted by atomic mass is 19.3. The van der Waals surface area contributed by atoms with Crippen LogP contribution in [0.25, 0.3) is 0 Å². The quantitative estimate of drug-likeness (QED) is 0.814. The minimum absolute atomic E-state index is 0.0461. The van der Waals surface area contributed by atoms with Crippen LogP contribution in [0.4, 0.5) is 8.78 Å². The SMILES string of the molecule is CCC(C)[C@H](N)C(=O)NC(C)c1ccccc1OC(F)F. The van der Waals surface area contributed by atoms with E-state index in [-0.39, 0.29) is 17.6 Å². The molecule has 0 aliphatic rings. The van der Waals surface area contributed by atoms with Crippen LogP contribution in [0, 0.1) is 5.92 Å². The first kappa shape index (κ1) is 17.4. The molecule has 0 aliphatic heterocycles. The third-order valence-electron chi connectivity index (χ3n) is 3.52. The van der Waals surface area contributed by atoms with Crippen LogP contribution in [0.5, 0.6) is 5.75 Å². The van der Waals surface area contributed by atoms with E-state index in [9.17, 15) is 13.6 Å². The van der Waals surface area contributed by atoms with Crippen LogP contribution < -0.4 is 15.8 Å². The summed E-state index contributed by atoms with van der Waals surface area (Å²) in [6.45, 7) is 2.64. The molecule has 0 radical (unpaired) electrons. The number of halogens is 2. The molecule has 0 spiro atoms. The number of nitrogens with one attached hydrogen (secondary N) is 1. The first-order valence-corrected chi connectivity index (χ1v) is 6.96. The maximum Gasteiger partial charge on any atom is 0.387 e. The Bertz CT molecular complexity index is 469. The van der Waals surface area contributed by atoms with Crippen LogP contribution >= 0.6 is 0 Å². The molecule has 0 heterocycles. The number of carbonyl (C=O) groups is 1. The summed E-state index contributed by atoms with van der Waals surface area (Å²) in [5.41, 5.74) is 6.34. The Labute approximate surface area is 123 Å². The van der Waals surface area contributed by atoms with E-state index in [0.29, 0.717) is 5.56 Å². The van der Waals surface area contributed by atoms with Crippen molar-refractivity contribution >= 4 is 5.91 Å². The van der Waals surface area contributed by atoms with Crippen LogP contribution in [-0.2, 0) is 4.79 Å². The second-order valence-corrected chi connectivity index (χ2v) is 5.06. The highest BCUT2D eigenvalue weighted by molar-refractivity contribution is 5.82. The summed E-state index contributed by atoms with van der Waals surface area (Å²) in [6, 6.07) is 5.28. The lowest BCUT2D eigenvalue weighted by Crippen LogP contribution is -2.45. The van der Waals surface area contributed by atoms with Gasteiger partial charge in [0.05, 0.1) is 12.1 Å². The van der Waals surface area contributed by atoms with Crippen LogP contribution in [0.1, 0.15) is 38.8 Å². The lowest BCUT2D eigenvalue weighted by molar-refractivity contribution is -0.124. The van der Waals surface area contributed by atoms with Crippen molar-refractivity contribution < 1.29 is 18.3 Å². The Kier molecular flexibility index (Phi) is 6.55. The minimum Gasteiger partial charge on any atom is -0.434 e. The zero-order valence-electron chi connectivity index (χ0n) is 12.5. The number of nitrogens with two attached hydrogens (primary N) is 1. The van der Waals surface area contributed by atoms with E-state index in [0.717, 1.165) is 6.42 Å². The molecule has 0 aliphatic carbocycles. The molecule has 6 heteroatoms. The monoisotopic (exact) mass is 300 g/mol. The lowest BCUT2D eigenvalue weighted by atomic mass is 9.98. The molecule has 1 aromatic rings. The maximum absolute atomic E-state index is 12.4. The predicted octanol–water partition coefficient (Wildman–Crippen LogP) is 2.84. The van der Waals surface area contributed by atoms with Gasteiger partial charge in [-0.3, -0.25) is 4.79 Å². The van der Waals surface area contributed by atoms with Crippen molar-refractivity contribution in [3.05, 3.63) is 29.8 Å². The third-order valence-corrected chi connectivity index (χ3v) is 3.52. The van der Waals surface area contributed by atoms with E-state index in [1.165, 1.54) is 6.07 Å². The van der Waals surface area contributed by atoms with Gasteiger partial charge in [0.15, 0.2) is 0 Å². The fraction of sp³-hybridized carbons (Fsp3) is 0.533. The topological polar surface area (TPSA) is 64.4 Å². The molecule has 118 valence electrons. The normalized spacial score (nSPS) is 15.4. The summed E-state index contributed by atoms with van der Waals surface area (Å²) >= 11 is 0. The van der Waals surface area contributed by atoms with Crippen molar-refractivity contribution in [1.29, 1.82) is 0 Å². The summed E-state index contributed by atoms with van der Waals surface area (Å²) in [6.07, 6.45) is 0.786. The van der Waals surface area contributed by atoms with Gasteiger partial charge in [-0.15, -0.1) is 0 Å². The fourth-order valence-electron chi connectivity index (χ4n) is 1.94. The first-order valence-electron chi connectivity index (χ1n) is 6.96. The number of hydrogen-bond donors (Lipinski definition) is 2. The molecule has 4 nitrogen and oxygen atoms in total. The molecule has 2 unspecified atom stereocenters. The third kappa shape index (κ3) is 4.97. The van der Waals surface area contributed by atoms with Gasteiger partial charge < -0.3 is 15.8 Å². The van der Waals surface area contributed by atoms with Crippen molar-refractivity contribution in [3.8, 4) is 5.75 Å². The molecule has 0 aromatic heterocycles. The summed E-state index contributed by atoms with van der Waals surface area (Å²) in [5.74, 6) is -0.203. The van der Waals surface area contributed by atoms with Gasteiger partial charge in [0.2, 0.25) is 5.91 Å². The van der Waals surface area contributed by atoms with Crippen molar-refractivity contribution in [2.24, 2.45) is 11.7 Å². The average Bonchev–Trinajstić information content (AvgIpc) is 2.45. The number of para-hydroxylation sites is 1. The molecular weight excluding hydrogens is 278 g/mol. The summed E-state index contributed by atoms with van der Waals surface area (Å²) in [7, 11) is 0. The predicted molar refractivity (Wildman–Crippen MR) is 77.1 cm³/mol. The number of rotatable bonds is 7. The first-order chi connectivity index (χ1) is 9.86. The average molecular weight is 300 g/mol. The fourth-order valence-corrected chi connectivity index (χ4v) is 1.94. The van der Waals surface area contributed by atoms with Crippen molar-refractivity contribution in [2.45, 2.75) is 45.9 Å². The Hall–Kier alpha value is -1.69. The lowest BCUT2D eigenvalue weighted by Gasteiger charge is -2.22. The van der Waals surface area contributed by atoms with Crippen LogP contribution in [0.3, 0.4) is 0 Å². The number of amides is 1. The smallest absolute Gasteiger partial charge is 0.387 e. The number of alkyl halides is 2. The van der Waals surface area contributed by atoms with E-state index < -0.39 is 18.7 Å². The van der Waals surface area contributed by atoms with Crippen molar-refractivity contribution in [1.82, 2.24) is 5.32 Å². The number of hydrogen-bond acceptors (Lipinski definition) is 3. The second-order valence-electron chi connectivity index (χ2n) is 5.06. The number of carbonyl (C=O) groups excluding carboxylic acids is 1. The largest absolute Gasteiger partial charge is 0.434 e. The molecule has 3 atom stereocenters. The van der Waals surface area contributed by atoms with Gasteiger partial charge in [-0.05, 0) is 18.9 Å². The molecular formula is C15H22F2N2O2. The van der Waals surface area contributed by atoms with Gasteiger partial charge in [-0.25, -0.2) is 0 Å². The Morgan fingerprint density at radius 3 is 2.52 bits per heavy atom.